The minimum Gasteiger partial charge on any atom is -0.542 e. The molecule has 1 aromatic heterocycles. The summed E-state index contributed by atoms with van der Waals surface area (Å²) in [6, 6.07) is 8.03. The number of hydrogen-bond acceptors (Lipinski definition) is 4. The summed E-state index contributed by atoms with van der Waals surface area (Å²) in [6.07, 6.45) is 2.76. The lowest BCUT2D eigenvalue weighted by Gasteiger charge is -2.36. The number of carbonyl (C=O) groups is 1. The van der Waals surface area contributed by atoms with Crippen LogP contribution in [0.4, 0.5) is 0 Å². The van der Waals surface area contributed by atoms with Gasteiger partial charge in [-0.3, -0.25) is 9.78 Å². The standard InChI is InChI=1S/C22H33NO3Si/c1-21(2,3)25-19(24)14-12-16-11-13-18(20-17(16)10-9-15-23-20)26-27(7,8)22(4,5)6/h9-11,13,15H,12,14H2,1-8H3. The Hall–Kier alpha value is -1.88. The fourth-order valence-corrected chi connectivity index (χ4v) is 3.58. The van der Waals surface area contributed by atoms with Gasteiger partial charge in [0.15, 0.2) is 0 Å². The van der Waals surface area contributed by atoms with E-state index in [-0.39, 0.29) is 11.0 Å². The second-order valence-electron chi connectivity index (χ2n) is 9.57. The Bertz CT molecular complexity index is 816. The lowest BCUT2D eigenvalue weighted by Crippen LogP contribution is -2.43. The monoisotopic (exact) mass is 387 g/mol. The van der Waals surface area contributed by atoms with E-state index in [1.54, 1.807) is 6.20 Å². The quantitative estimate of drug-likeness (QED) is 0.474. The normalized spacial score (nSPS) is 12.9. The third kappa shape index (κ3) is 5.55. The van der Waals surface area contributed by atoms with Gasteiger partial charge in [0.25, 0.3) is 8.32 Å². The van der Waals surface area contributed by atoms with Gasteiger partial charge >= 0.3 is 5.97 Å². The van der Waals surface area contributed by atoms with Crippen molar-refractivity contribution in [1.82, 2.24) is 4.98 Å². The number of hydrogen-bond donors (Lipinski definition) is 0. The number of rotatable bonds is 5. The minimum absolute atomic E-state index is 0.115. The van der Waals surface area contributed by atoms with Crippen molar-refractivity contribution in [2.24, 2.45) is 0 Å². The van der Waals surface area contributed by atoms with Crippen LogP contribution in [0.25, 0.3) is 10.9 Å². The Labute approximate surface area is 164 Å². The van der Waals surface area contributed by atoms with Crippen molar-refractivity contribution >= 4 is 25.2 Å². The molecule has 2 rings (SSSR count). The molecule has 0 saturated carbocycles. The molecule has 5 heteroatoms. The molecule has 0 aliphatic carbocycles. The van der Waals surface area contributed by atoms with Crippen LogP contribution in [0.15, 0.2) is 30.5 Å². The van der Waals surface area contributed by atoms with Crippen LogP contribution in [0.5, 0.6) is 5.75 Å². The third-order valence-corrected chi connectivity index (χ3v) is 9.36. The molecule has 0 fully saturated rings. The number of aromatic nitrogens is 1. The molecule has 1 heterocycles. The molecule has 0 unspecified atom stereocenters. The third-order valence-electron chi connectivity index (χ3n) is 5.01. The highest BCUT2D eigenvalue weighted by Crippen LogP contribution is 2.39. The van der Waals surface area contributed by atoms with E-state index in [1.807, 2.05) is 39.0 Å². The van der Waals surface area contributed by atoms with E-state index in [4.69, 9.17) is 9.16 Å². The van der Waals surface area contributed by atoms with Gasteiger partial charge in [-0.2, -0.15) is 0 Å². The van der Waals surface area contributed by atoms with E-state index in [2.05, 4.69) is 44.9 Å². The summed E-state index contributed by atoms with van der Waals surface area (Å²) < 4.78 is 11.9. The van der Waals surface area contributed by atoms with Crippen LogP contribution in [0.1, 0.15) is 53.5 Å². The Morgan fingerprint density at radius 2 is 1.74 bits per heavy atom. The van der Waals surface area contributed by atoms with E-state index in [9.17, 15) is 4.79 Å². The fraction of sp³-hybridized carbons (Fsp3) is 0.545. The van der Waals surface area contributed by atoms with Gasteiger partial charge in [0.05, 0.1) is 0 Å². The van der Waals surface area contributed by atoms with E-state index in [1.165, 1.54) is 0 Å². The molecule has 0 aliphatic heterocycles. The predicted molar refractivity (Wildman–Crippen MR) is 114 cm³/mol. The summed E-state index contributed by atoms with van der Waals surface area (Å²) >= 11 is 0. The molecular weight excluding hydrogens is 354 g/mol. The summed E-state index contributed by atoms with van der Waals surface area (Å²) in [6.45, 7) is 16.8. The largest absolute Gasteiger partial charge is 0.542 e. The smallest absolute Gasteiger partial charge is 0.306 e. The molecule has 4 nitrogen and oxygen atoms in total. The van der Waals surface area contributed by atoms with Gasteiger partial charge in [-0.25, -0.2) is 0 Å². The first-order valence-electron chi connectivity index (χ1n) is 9.58. The summed E-state index contributed by atoms with van der Waals surface area (Å²) in [5.41, 5.74) is 1.50. The van der Waals surface area contributed by atoms with Crippen LogP contribution in [0, 0.1) is 0 Å². The molecule has 2 aromatic rings. The molecule has 0 atom stereocenters. The van der Waals surface area contributed by atoms with Crippen LogP contribution in [-0.4, -0.2) is 24.9 Å². The number of pyridine rings is 1. The highest BCUT2D eigenvalue weighted by atomic mass is 28.4. The van der Waals surface area contributed by atoms with Crippen molar-refractivity contribution in [1.29, 1.82) is 0 Å². The highest BCUT2D eigenvalue weighted by Gasteiger charge is 2.39. The number of benzene rings is 1. The lowest BCUT2D eigenvalue weighted by molar-refractivity contribution is -0.154. The van der Waals surface area contributed by atoms with E-state index in [0.717, 1.165) is 22.2 Å². The Morgan fingerprint density at radius 3 is 2.33 bits per heavy atom. The minimum atomic E-state index is -1.96. The van der Waals surface area contributed by atoms with Crippen molar-refractivity contribution in [3.05, 3.63) is 36.0 Å². The zero-order valence-corrected chi connectivity index (χ0v) is 19.0. The molecule has 148 valence electrons. The fourth-order valence-electron chi connectivity index (χ4n) is 2.56. The first kappa shape index (κ1) is 21.4. The van der Waals surface area contributed by atoms with Crippen molar-refractivity contribution in [3.8, 4) is 5.75 Å². The maximum Gasteiger partial charge on any atom is 0.306 e. The molecule has 0 radical (unpaired) electrons. The van der Waals surface area contributed by atoms with Gasteiger partial charge in [0, 0.05) is 18.0 Å². The van der Waals surface area contributed by atoms with Gasteiger partial charge in [-0.1, -0.05) is 32.9 Å². The number of nitrogens with zero attached hydrogens (tertiary/aromatic N) is 1. The second-order valence-corrected chi connectivity index (χ2v) is 14.3. The van der Waals surface area contributed by atoms with Crippen LogP contribution in [0.2, 0.25) is 18.1 Å². The van der Waals surface area contributed by atoms with Crippen LogP contribution >= 0.6 is 0 Å². The Kier molecular flexibility index (Phi) is 6.05. The molecule has 0 aliphatic rings. The summed E-state index contributed by atoms with van der Waals surface area (Å²) in [5, 5.41) is 1.15. The maximum absolute atomic E-state index is 12.1. The second kappa shape index (κ2) is 7.62. The highest BCUT2D eigenvalue weighted by molar-refractivity contribution is 6.74. The average Bonchev–Trinajstić information content (AvgIpc) is 2.51. The van der Waals surface area contributed by atoms with E-state index < -0.39 is 13.9 Å². The van der Waals surface area contributed by atoms with Gasteiger partial charge in [-0.15, -0.1) is 0 Å². The number of carbonyl (C=O) groups excluding carboxylic acids is 1. The van der Waals surface area contributed by atoms with Gasteiger partial charge in [-0.05, 0) is 63.0 Å². The summed E-state index contributed by atoms with van der Waals surface area (Å²) in [7, 11) is -1.96. The number of esters is 1. The van der Waals surface area contributed by atoms with Crippen LogP contribution in [0.3, 0.4) is 0 Å². The first-order chi connectivity index (χ1) is 12.3. The molecule has 0 spiro atoms. The van der Waals surface area contributed by atoms with Gasteiger partial charge in [0.1, 0.15) is 16.9 Å². The number of aryl methyl sites for hydroxylation is 1. The summed E-state index contributed by atoms with van der Waals surface area (Å²) in [4.78, 5) is 16.7. The van der Waals surface area contributed by atoms with Crippen molar-refractivity contribution in [2.75, 3.05) is 0 Å². The lowest BCUT2D eigenvalue weighted by atomic mass is 10.0. The van der Waals surface area contributed by atoms with Crippen molar-refractivity contribution in [2.45, 2.75) is 78.1 Å². The molecule has 0 N–H and O–H groups in total. The molecule has 1 aromatic carbocycles. The molecule has 27 heavy (non-hydrogen) atoms. The average molecular weight is 388 g/mol. The van der Waals surface area contributed by atoms with Gasteiger partial charge in [0.2, 0.25) is 0 Å². The Morgan fingerprint density at radius 1 is 1.07 bits per heavy atom. The maximum atomic E-state index is 12.1. The predicted octanol–water partition coefficient (Wildman–Crippen LogP) is 5.89. The topological polar surface area (TPSA) is 48.4 Å². The molecule has 0 saturated heterocycles. The Balaban J connectivity index is 2.28. The van der Waals surface area contributed by atoms with Crippen molar-refractivity contribution < 1.29 is 14.0 Å². The molecular formula is C22H33NO3Si. The number of ether oxygens (including phenoxy) is 1. The van der Waals surface area contributed by atoms with Gasteiger partial charge < -0.3 is 9.16 Å². The SMILES string of the molecule is CC(C)(C)OC(=O)CCc1ccc(O[Si](C)(C)C(C)(C)C)c2ncccc12. The van der Waals surface area contributed by atoms with Crippen LogP contribution in [-0.2, 0) is 16.0 Å². The molecule has 0 bridgehead atoms. The molecule has 0 amide bonds. The van der Waals surface area contributed by atoms with Crippen LogP contribution < -0.4 is 4.43 Å². The number of fused-ring (bicyclic) bond motifs is 1. The zero-order valence-electron chi connectivity index (χ0n) is 18.0. The zero-order chi connectivity index (χ0) is 20.5. The van der Waals surface area contributed by atoms with Crippen molar-refractivity contribution in [3.63, 3.8) is 0 Å². The van der Waals surface area contributed by atoms with E-state index in [0.29, 0.717) is 12.8 Å². The first-order valence-corrected chi connectivity index (χ1v) is 12.5. The summed E-state index contributed by atoms with van der Waals surface area (Å²) in [5.74, 6) is 0.652. The van der Waals surface area contributed by atoms with E-state index >= 15 is 0 Å².